The molecule has 4 aromatic rings. The molecule has 0 saturated carbocycles. The molecule has 2 N–H and O–H groups in total. The summed E-state index contributed by atoms with van der Waals surface area (Å²) in [5, 5.41) is 11.5. The lowest BCUT2D eigenvalue weighted by molar-refractivity contribution is -0.141. The number of alkyl halides is 3. The number of benzene rings is 1. The minimum Gasteiger partial charge on any atom is -0.382 e. The summed E-state index contributed by atoms with van der Waals surface area (Å²) in [6, 6.07) is 11.2. The van der Waals surface area contributed by atoms with Gasteiger partial charge in [-0.15, -0.1) is 10.2 Å². The molecule has 3 heterocycles. The molecule has 1 aromatic carbocycles. The first-order chi connectivity index (χ1) is 13.8. The van der Waals surface area contributed by atoms with E-state index >= 15 is 0 Å². The molecule has 0 atom stereocenters. The summed E-state index contributed by atoms with van der Waals surface area (Å²) in [6.45, 7) is 0. The maximum atomic E-state index is 13.5. The topological polar surface area (TPSA) is 82.0 Å². The van der Waals surface area contributed by atoms with Gasteiger partial charge in [0, 0.05) is 16.8 Å². The second-order valence-corrected chi connectivity index (χ2v) is 6.34. The third-order valence-corrected chi connectivity index (χ3v) is 4.15. The molecule has 0 radical (unpaired) electrons. The molecule has 0 aliphatic carbocycles. The van der Waals surface area contributed by atoms with E-state index in [1.165, 1.54) is 18.3 Å². The molecule has 0 unspecified atom stereocenters. The van der Waals surface area contributed by atoms with E-state index in [-0.39, 0.29) is 22.7 Å². The molecule has 4 rings (SSSR count). The number of aromatic nitrogens is 5. The molecule has 144 valence electrons. The van der Waals surface area contributed by atoms with Crippen LogP contribution in [0.25, 0.3) is 16.9 Å². The highest BCUT2D eigenvalue weighted by molar-refractivity contribution is 6.30. The predicted octanol–water partition coefficient (Wildman–Crippen LogP) is 3.84. The van der Waals surface area contributed by atoms with Crippen molar-refractivity contribution in [1.29, 1.82) is 0 Å². The smallest absolute Gasteiger partial charge is 0.382 e. The lowest BCUT2D eigenvalue weighted by Gasteiger charge is -2.02. The zero-order chi connectivity index (χ0) is 20.6. The Hall–Kier alpha value is -3.64. The number of anilines is 1. The van der Waals surface area contributed by atoms with Crippen molar-refractivity contribution in [2.45, 2.75) is 6.18 Å². The van der Waals surface area contributed by atoms with E-state index in [1.54, 1.807) is 30.3 Å². The van der Waals surface area contributed by atoms with E-state index in [0.717, 1.165) is 4.52 Å². The van der Waals surface area contributed by atoms with Crippen molar-refractivity contribution in [2.75, 3.05) is 5.73 Å². The number of fused-ring (bicyclic) bond motifs is 1. The van der Waals surface area contributed by atoms with Crippen LogP contribution in [0.4, 0.5) is 19.0 Å². The molecule has 0 saturated heterocycles. The Bertz CT molecular complexity index is 1250. The van der Waals surface area contributed by atoms with Gasteiger partial charge < -0.3 is 5.73 Å². The Morgan fingerprint density at radius 3 is 2.38 bits per heavy atom. The van der Waals surface area contributed by atoms with Gasteiger partial charge in [-0.2, -0.15) is 18.3 Å². The van der Waals surface area contributed by atoms with Gasteiger partial charge in [-0.3, -0.25) is 0 Å². The van der Waals surface area contributed by atoms with Crippen LogP contribution in [0.5, 0.6) is 0 Å². The molecule has 0 spiro atoms. The molecule has 0 bridgehead atoms. The summed E-state index contributed by atoms with van der Waals surface area (Å²) in [6.07, 6.45) is -3.30. The van der Waals surface area contributed by atoms with Crippen molar-refractivity contribution >= 4 is 23.1 Å². The maximum absolute atomic E-state index is 13.5. The fraction of sp³-hybridized carbons (Fsp3) is 0.0526. The zero-order valence-corrected chi connectivity index (χ0v) is 15.2. The molecule has 3 aromatic heterocycles. The summed E-state index contributed by atoms with van der Waals surface area (Å²) in [5.41, 5.74) is 5.25. The van der Waals surface area contributed by atoms with Crippen molar-refractivity contribution < 1.29 is 13.2 Å². The Morgan fingerprint density at radius 2 is 1.72 bits per heavy atom. The van der Waals surface area contributed by atoms with Crippen molar-refractivity contribution in [3.05, 3.63) is 70.6 Å². The number of rotatable bonds is 1. The molecule has 0 fully saturated rings. The van der Waals surface area contributed by atoms with E-state index < -0.39 is 11.9 Å². The van der Waals surface area contributed by atoms with Crippen LogP contribution >= 0.6 is 11.6 Å². The van der Waals surface area contributed by atoms with Crippen LogP contribution in [-0.2, 0) is 6.18 Å². The van der Waals surface area contributed by atoms with E-state index in [1.807, 2.05) is 0 Å². The molecule has 0 aliphatic heterocycles. The summed E-state index contributed by atoms with van der Waals surface area (Å²) >= 11 is 5.89. The van der Waals surface area contributed by atoms with E-state index in [9.17, 15) is 13.2 Å². The maximum Gasteiger partial charge on any atom is 0.436 e. The van der Waals surface area contributed by atoms with E-state index in [0.29, 0.717) is 16.3 Å². The first kappa shape index (κ1) is 18.7. The normalized spacial score (nSPS) is 11.3. The summed E-state index contributed by atoms with van der Waals surface area (Å²) in [4.78, 5) is 4.33. The number of nitrogen functional groups attached to an aromatic ring is 1. The van der Waals surface area contributed by atoms with Gasteiger partial charge in [0.15, 0.2) is 11.3 Å². The largest absolute Gasteiger partial charge is 0.436 e. The first-order valence-corrected chi connectivity index (χ1v) is 8.53. The summed E-state index contributed by atoms with van der Waals surface area (Å²) < 4.78 is 41.6. The Kier molecular flexibility index (Phi) is 4.56. The molecule has 0 amide bonds. The number of halogens is 4. The highest BCUT2D eigenvalue weighted by Crippen LogP contribution is 2.32. The van der Waals surface area contributed by atoms with Gasteiger partial charge >= 0.3 is 6.18 Å². The summed E-state index contributed by atoms with van der Waals surface area (Å²) in [5.74, 6) is 5.22. The van der Waals surface area contributed by atoms with Crippen LogP contribution in [0.1, 0.15) is 17.0 Å². The van der Waals surface area contributed by atoms with Gasteiger partial charge in [-0.25, -0.2) is 9.50 Å². The van der Waals surface area contributed by atoms with Gasteiger partial charge in [0.2, 0.25) is 0 Å². The van der Waals surface area contributed by atoms with Gasteiger partial charge in [0.25, 0.3) is 0 Å². The standard InChI is InChI=1S/C19H10ClF3N6/c20-12-3-1-11(2-4-12)15-9-10-29-18(25-15)14(17(28-29)19(21,22)23)7-5-13-6-8-16(24)27-26-13/h1-4,6,8-10H,(H2,24,27). The predicted molar refractivity (Wildman–Crippen MR) is 101 cm³/mol. The van der Waals surface area contributed by atoms with E-state index in [2.05, 4.69) is 32.1 Å². The second-order valence-electron chi connectivity index (χ2n) is 5.90. The Morgan fingerprint density at radius 1 is 0.966 bits per heavy atom. The Balaban J connectivity index is 1.88. The van der Waals surface area contributed by atoms with Crippen molar-refractivity contribution in [2.24, 2.45) is 0 Å². The zero-order valence-electron chi connectivity index (χ0n) is 14.4. The molecular weight excluding hydrogens is 405 g/mol. The molecular formula is C19H10ClF3N6. The number of nitrogens with two attached hydrogens (primary N) is 1. The lowest BCUT2D eigenvalue weighted by atomic mass is 10.1. The lowest BCUT2D eigenvalue weighted by Crippen LogP contribution is -2.08. The summed E-state index contributed by atoms with van der Waals surface area (Å²) in [7, 11) is 0. The quantitative estimate of drug-likeness (QED) is 0.478. The highest BCUT2D eigenvalue weighted by Gasteiger charge is 2.38. The number of hydrogen-bond donors (Lipinski definition) is 1. The fourth-order valence-electron chi connectivity index (χ4n) is 2.56. The Labute approximate surface area is 167 Å². The SMILES string of the molecule is Nc1ccc(C#Cc2c(C(F)(F)F)nn3ccc(-c4ccc(Cl)cc4)nc23)nn1. The monoisotopic (exact) mass is 414 g/mol. The highest BCUT2D eigenvalue weighted by atomic mass is 35.5. The fourth-order valence-corrected chi connectivity index (χ4v) is 2.69. The average Bonchev–Trinajstić information content (AvgIpc) is 3.06. The van der Waals surface area contributed by atoms with Crippen molar-refractivity contribution in [3.8, 4) is 23.1 Å². The van der Waals surface area contributed by atoms with Gasteiger partial charge in [0.05, 0.1) is 5.69 Å². The van der Waals surface area contributed by atoms with E-state index in [4.69, 9.17) is 17.3 Å². The third-order valence-electron chi connectivity index (χ3n) is 3.89. The molecule has 0 aliphatic rings. The number of hydrogen-bond acceptors (Lipinski definition) is 5. The van der Waals surface area contributed by atoms with Gasteiger partial charge in [-0.1, -0.05) is 29.7 Å². The molecule has 29 heavy (non-hydrogen) atoms. The molecule has 10 heteroatoms. The first-order valence-electron chi connectivity index (χ1n) is 8.15. The van der Waals surface area contributed by atoms with Crippen LogP contribution < -0.4 is 5.73 Å². The van der Waals surface area contributed by atoms with Gasteiger partial charge in [-0.05, 0) is 36.3 Å². The van der Waals surface area contributed by atoms with Crippen molar-refractivity contribution in [3.63, 3.8) is 0 Å². The van der Waals surface area contributed by atoms with Crippen LogP contribution in [-0.4, -0.2) is 24.8 Å². The van der Waals surface area contributed by atoms with Crippen LogP contribution in [0, 0.1) is 11.8 Å². The minimum absolute atomic E-state index is 0.0271. The second kappa shape index (κ2) is 7.07. The molecule has 6 nitrogen and oxygen atoms in total. The third kappa shape index (κ3) is 3.83. The average molecular weight is 415 g/mol. The van der Waals surface area contributed by atoms with Crippen LogP contribution in [0.3, 0.4) is 0 Å². The minimum atomic E-state index is -4.70. The van der Waals surface area contributed by atoms with Crippen LogP contribution in [0.15, 0.2) is 48.7 Å². The van der Waals surface area contributed by atoms with Crippen molar-refractivity contribution in [1.82, 2.24) is 24.8 Å². The number of nitrogens with zero attached hydrogens (tertiary/aromatic N) is 5. The van der Waals surface area contributed by atoms with Crippen LogP contribution in [0.2, 0.25) is 5.02 Å². The van der Waals surface area contributed by atoms with Gasteiger partial charge in [0.1, 0.15) is 17.1 Å².